The largest absolute Gasteiger partial charge is 0.349 e. The van der Waals surface area contributed by atoms with E-state index < -0.39 is 0 Å². The third-order valence-corrected chi connectivity index (χ3v) is 4.41. The van der Waals surface area contributed by atoms with Crippen LogP contribution in [0, 0.1) is 17.7 Å². The molecule has 1 amide bonds. The number of rotatable bonds is 4. The van der Waals surface area contributed by atoms with Gasteiger partial charge in [-0.15, -0.1) is 12.4 Å². The zero-order chi connectivity index (χ0) is 14.7. The molecule has 0 aromatic heterocycles. The molecule has 3 N–H and O–H groups in total. The number of carbonyl (C=O) groups is 1. The van der Waals surface area contributed by atoms with Crippen molar-refractivity contribution in [3.05, 3.63) is 34.6 Å². The second kappa shape index (κ2) is 7.97. The Morgan fingerprint density at radius 2 is 2.24 bits per heavy atom. The lowest BCUT2D eigenvalue weighted by Gasteiger charge is -2.21. The van der Waals surface area contributed by atoms with Gasteiger partial charge in [0.1, 0.15) is 5.82 Å². The summed E-state index contributed by atoms with van der Waals surface area (Å²) in [7, 11) is 0. The molecule has 21 heavy (non-hydrogen) atoms. The molecule has 1 unspecified atom stereocenters. The minimum atomic E-state index is -0.378. The molecule has 6 heteroatoms. The molecule has 0 bridgehead atoms. The molecule has 0 aliphatic heterocycles. The zero-order valence-electron chi connectivity index (χ0n) is 11.9. The van der Waals surface area contributed by atoms with Crippen molar-refractivity contribution in [1.29, 1.82) is 0 Å². The summed E-state index contributed by atoms with van der Waals surface area (Å²) in [6.45, 7) is 2.40. The first-order valence-electron chi connectivity index (χ1n) is 6.98. The highest BCUT2D eigenvalue weighted by Crippen LogP contribution is 2.32. The van der Waals surface area contributed by atoms with Gasteiger partial charge in [-0.1, -0.05) is 24.1 Å². The lowest BCUT2D eigenvalue weighted by molar-refractivity contribution is -0.126. The van der Waals surface area contributed by atoms with Crippen LogP contribution in [0.2, 0.25) is 5.02 Å². The van der Waals surface area contributed by atoms with Crippen LogP contribution in [0.5, 0.6) is 0 Å². The van der Waals surface area contributed by atoms with E-state index >= 15 is 0 Å². The third-order valence-electron chi connectivity index (χ3n) is 4.09. The minimum absolute atomic E-state index is 0. The molecule has 1 fully saturated rings. The first-order valence-corrected chi connectivity index (χ1v) is 7.36. The minimum Gasteiger partial charge on any atom is -0.349 e. The molecule has 0 heterocycles. The van der Waals surface area contributed by atoms with E-state index in [0.717, 1.165) is 24.8 Å². The van der Waals surface area contributed by atoms with Crippen LogP contribution in [0.4, 0.5) is 4.39 Å². The maximum atomic E-state index is 13.0. The van der Waals surface area contributed by atoms with Crippen LogP contribution in [0.3, 0.4) is 0 Å². The molecule has 0 spiro atoms. The number of amides is 1. The molecule has 118 valence electrons. The first-order chi connectivity index (χ1) is 9.52. The number of nitrogens with one attached hydrogen (secondary N) is 1. The monoisotopic (exact) mass is 334 g/mol. The van der Waals surface area contributed by atoms with E-state index in [2.05, 4.69) is 5.32 Å². The van der Waals surface area contributed by atoms with E-state index in [1.54, 1.807) is 6.07 Å². The Morgan fingerprint density at radius 3 is 2.86 bits per heavy atom. The molecule has 1 aromatic rings. The van der Waals surface area contributed by atoms with Gasteiger partial charge in [0.2, 0.25) is 5.91 Å². The number of hydrogen-bond donors (Lipinski definition) is 2. The molecule has 0 radical (unpaired) electrons. The Kier molecular flexibility index (Phi) is 6.91. The van der Waals surface area contributed by atoms with Gasteiger partial charge in [0, 0.05) is 10.9 Å². The van der Waals surface area contributed by atoms with Crippen LogP contribution in [0.15, 0.2) is 18.2 Å². The standard InChI is InChI=1S/C15H20ClFN2O.ClH/c1-9(12-6-5-11(17)7-14(12)16)19-15(20)13-4-2-3-10(13)8-18;/h5-7,9-10,13H,2-4,8,18H2,1H3,(H,19,20);1H/t9?,10-,13-;/m1./s1. The van der Waals surface area contributed by atoms with Crippen LogP contribution in [-0.4, -0.2) is 12.5 Å². The average Bonchev–Trinajstić information content (AvgIpc) is 2.86. The van der Waals surface area contributed by atoms with Crippen molar-refractivity contribution in [1.82, 2.24) is 5.32 Å². The number of nitrogens with two attached hydrogens (primary N) is 1. The van der Waals surface area contributed by atoms with Crippen molar-refractivity contribution >= 4 is 29.9 Å². The second-order valence-electron chi connectivity index (χ2n) is 5.43. The van der Waals surface area contributed by atoms with E-state index in [1.165, 1.54) is 12.1 Å². The first kappa shape index (κ1) is 18.2. The van der Waals surface area contributed by atoms with Crippen LogP contribution in [0.25, 0.3) is 0 Å². The zero-order valence-corrected chi connectivity index (χ0v) is 13.5. The second-order valence-corrected chi connectivity index (χ2v) is 5.84. The van der Waals surface area contributed by atoms with Crippen molar-refractivity contribution in [2.75, 3.05) is 6.54 Å². The SMILES string of the molecule is CC(NC(=O)[C@@H]1CCC[C@@H]1CN)c1ccc(F)cc1Cl.Cl. The average molecular weight is 335 g/mol. The van der Waals surface area contributed by atoms with E-state index in [9.17, 15) is 9.18 Å². The molecule has 0 saturated heterocycles. The summed E-state index contributed by atoms with van der Waals surface area (Å²) in [5, 5.41) is 3.29. The summed E-state index contributed by atoms with van der Waals surface area (Å²) in [4.78, 5) is 12.3. The fourth-order valence-electron chi connectivity index (χ4n) is 2.91. The molecule has 1 saturated carbocycles. The summed E-state index contributed by atoms with van der Waals surface area (Å²) < 4.78 is 13.0. The quantitative estimate of drug-likeness (QED) is 0.885. The smallest absolute Gasteiger partial charge is 0.223 e. The van der Waals surface area contributed by atoms with E-state index in [4.69, 9.17) is 17.3 Å². The van der Waals surface area contributed by atoms with E-state index in [0.29, 0.717) is 11.6 Å². The van der Waals surface area contributed by atoms with Crippen LogP contribution >= 0.6 is 24.0 Å². The predicted molar refractivity (Wildman–Crippen MR) is 85.1 cm³/mol. The topological polar surface area (TPSA) is 55.1 Å². The summed E-state index contributed by atoms with van der Waals surface area (Å²) >= 11 is 6.01. The van der Waals surface area contributed by atoms with Gasteiger partial charge in [0.05, 0.1) is 6.04 Å². The summed E-state index contributed by atoms with van der Waals surface area (Å²) in [6.07, 6.45) is 2.95. The lowest BCUT2D eigenvalue weighted by atomic mass is 9.94. The van der Waals surface area contributed by atoms with Gasteiger partial charge < -0.3 is 11.1 Å². The fourth-order valence-corrected chi connectivity index (χ4v) is 3.25. The Balaban J connectivity index is 0.00000220. The van der Waals surface area contributed by atoms with Crippen molar-refractivity contribution in [3.8, 4) is 0 Å². The van der Waals surface area contributed by atoms with E-state index in [1.807, 2.05) is 6.92 Å². The number of carbonyl (C=O) groups excluding carboxylic acids is 1. The lowest BCUT2D eigenvalue weighted by Crippen LogP contribution is -2.36. The van der Waals surface area contributed by atoms with Crippen molar-refractivity contribution in [2.24, 2.45) is 17.6 Å². The summed E-state index contributed by atoms with van der Waals surface area (Å²) in [5.41, 5.74) is 6.43. The Bertz CT molecular complexity index is 499. The third kappa shape index (κ3) is 4.31. The molecular weight excluding hydrogens is 314 g/mol. The highest BCUT2D eigenvalue weighted by molar-refractivity contribution is 6.31. The number of hydrogen-bond acceptors (Lipinski definition) is 2. The van der Waals surface area contributed by atoms with Crippen LogP contribution in [0.1, 0.15) is 37.8 Å². The molecule has 3 atom stereocenters. The van der Waals surface area contributed by atoms with Gasteiger partial charge in [-0.3, -0.25) is 4.79 Å². The normalized spacial score (nSPS) is 22.5. The van der Waals surface area contributed by atoms with Gasteiger partial charge in [-0.2, -0.15) is 0 Å². The van der Waals surface area contributed by atoms with Crippen LogP contribution < -0.4 is 11.1 Å². The highest BCUT2D eigenvalue weighted by atomic mass is 35.5. The van der Waals surface area contributed by atoms with E-state index in [-0.39, 0.29) is 42.0 Å². The highest BCUT2D eigenvalue weighted by Gasteiger charge is 2.32. The predicted octanol–water partition coefficient (Wildman–Crippen LogP) is 3.45. The maximum Gasteiger partial charge on any atom is 0.223 e. The summed E-state index contributed by atoms with van der Waals surface area (Å²) in [6, 6.07) is 3.98. The summed E-state index contributed by atoms with van der Waals surface area (Å²) in [5.74, 6) is -0.102. The van der Waals surface area contributed by atoms with Crippen molar-refractivity contribution < 1.29 is 9.18 Å². The molecule has 1 aliphatic rings. The molecule has 2 rings (SSSR count). The molecule has 3 nitrogen and oxygen atoms in total. The fraction of sp³-hybridized carbons (Fsp3) is 0.533. The van der Waals surface area contributed by atoms with Gasteiger partial charge in [-0.05, 0) is 49.9 Å². The van der Waals surface area contributed by atoms with Gasteiger partial charge in [0.15, 0.2) is 0 Å². The van der Waals surface area contributed by atoms with Gasteiger partial charge in [0.25, 0.3) is 0 Å². The molecule has 1 aliphatic carbocycles. The molecule has 1 aromatic carbocycles. The van der Waals surface area contributed by atoms with Crippen molar-refractivity contribution in [2.45, 2.75) is 32.2 Å². The Labute approximate surface area is 135 Å². The van der Waals surface area contributed by atoms with Crippen molar-refractivity contribution in [3.63, 3.8) is 0 Å². The van der Waals surface area contributed by atoms with Crippen LogP contribution in [-0.2, 0) is 4.79 Å². The Morgan fingerprint density at radius 1 is 1.52 bits per heavy atom. The molecular formula is C15H21Cl2FN2O. The maximum absolute atomic E-state index is 13.0. The van der Waals surface area contributed by atoms with Gasteiger partial charge in [-0.25, -0.2) is 4.39 Å². The number of benzene rings is 1. The Hall–Kier alpha value is -0.840. The number of halogens is 3. The van der Waals surface area contributed by atoms with Gasteiger partial charge >= 0.3 is 0 Å².